The maximum Gasteiger partial charge on any atom is 0.411 e. The van der Waals surface area contributed by atoms with E-state index < -0.39 is 11.9 Å². The minimum absolute atomic E-state index is 0.229. The molecule has 2 amide bonds. The third kappa shape index (κ3) is 7.26. The summed E-state index contributed by atoms with van der Waals surface area (Å²) in [5, 5.41) is 5.29. The largest absolute Gasteiger partial charge is 0.449 e. The van der Waals surface area contributed by atoms with Crippen molar-refractivity contribution in [3.05, 3.63) is 54.1 Å². The summed E-state index contributed by atoms with van der Waals surface area (Å²) in [6.45, 7) is 4.17. The maximum atomic E-state index is 12.3. The zero-order chi connectivity index (χ0) is 19.8. The molecule has 2 aromatic carbocycles. The molecule has 2 aromatic rings. The summed E-state index contributed by atoms with van der Waals surface area (Å²) in [5.74, 6) is -2.66. The Morgan fingerprint density at radius 1 is 1.04 bits per heavy atom. The summed E-state index contributed by atoms with van der Waals surface area (Å²) in [4.78, 5) is 24.4. The Morgan fingerprint density at radius 3 is 2.26 bits per heavy atom. The molecular weight excluding hydrogens is 374 g/mol. The molecule has 0 aromatic heterocycles. The number of hydrogen-bond donors (Lipinski definition) is 2. The molecule has 5 nitrogen and oxygen atoms in total. The van der Waals surface area contributed by atoms with Crippen molar-refractivity contribution in [1.29, 1.82) is 0 Å². The minimum atomic E-state index is -2.51. The third-order valence-corrected chi connectivity index (χ3v) is 3.98. The predicted octanol–water partition coefficient (Wildman–Crippen LogP) is 5.46. The number of carbonyl (C=O) groups is 2. The smallest absolute Gasteiger partial charge is 0.411 e. The Morgan fingerprint density at radius 2 is 1.67 bits per heavy atom. The first kappa shape index (κ1) is 20.7. The lowest BCUT2D eigenvalue weighted by molar-refractivity contribution is 0.102. The van der Waals surface area contributed by atoms with Crippen LogP contribution in [0.25, 0.3) is 0 Å². The lowest BCUT2D eigenvalue weighted by Gasteiger charge is -2.10. The third-order valence-electron chi connectivity index (χ3n) is 3.26. The van der Waals surface area contributed by atoms with Gasteiger partial charge in [-0.3, -0.25) is 10.1 Å². The predicted molar refractivity (Wildman–Crippen MR) is 103 cm³/mol. The lowest BCUT2D eigenvalue weighted by Crippen LogP contribution is -2.17. The standard InChI is InChI=1S/C19H20F2N2O3S/c1-12(2)11-26-19(25)23-15-5-3-4-14(10-15)22-17(24)13-6-8-16(9-7-13)27-18(20)21/h3-10,12,18H,11H2,1-2H3,(H,22,24)(H,23,25). The lowest BCUT2D eigenvalue weighted by atomic mass is 10.2. The summed E-state index contributed by atoms with van der Waals surface area (Å²) < 4.78 is 29.7. The molecule has 8 heteroatoms. The van der Waals surface area contributed by atoms with Gasteiger partial charge in [-0.05, 0) is 48.4 Å². The van der Waals surface area contributed by atoms with Crippen LogP contribution in [0.3, 0.4) is 0 Å². The van der Waals surface area contributed by atoms with Crippen molar-refractivity contribution in [3.8, 4) is 0 Å². The van der Waals surface area contributed by atoms with Gasteiger partial charge in [-0.2, -0.15) is 8.78 Å². The monoisotopic (exact) mass is 394 g/mol. The number of carbonyl (C=O) groups excluding carboxylic acids is 2. The molecule has 0 heterocycles. The topological polar surface area (TPSA) is 67.4 Å². The second-order valence-electron chi connectivity index (χ2n) is 6.06. The van der Waals surface area contributed by atoms with Crippen LogP contribution in [0.1, 0.15) is 24.2 Å². The number of nitrogens with one attached hydrogen (secondary N) is 2. The Labute approximate surface area is 160 Å². The molecule has 0 atom stereocenters. The highest BCUT2D eigenvalue weighted by molar-refractivity contribution is 7.99. The van der Waals surface area contributed by atoms with Crippen LogP contribution in [0.2, 0.25) is 0 Å². The Hall–Kier alpha value is -2.61. The highest BCUT2D eigenvalue weighted by Gasteiger charge is 2.10. The fourth-order valence-electron chi connectivity index (χ4n) is 2.06. The van der Waals surface area contributed by atoms with E-state index in [1.807, 2.05) is 13.8 Å². The van der Waals surface area contributed by atoms with E-state index in [1.54, 1.807) is 24.3 Å². The summed E-state index contributed by atoms with van der Waals surface area (Å²) in [6.07, 6.45) is -0.570. The molecule has 144 valence electrons. The molecule has 0 saturated carbocycles. The Bertz CT molecular complexity index is 783. The number of anilines is 2. The van der Waals surface area contributed by atoms with E-state index in [9.17, 15) is 18.4 Å². The van der Waals surface area contributed by atoms with Crippen LogP contribution in [-0.4, -0.2) is 24.4 Å². The number of halogens is 2. The zero-order valence-corrected chi connectivity index (χ0v) is 15.7. The van der Waals surface area contributed by atoms with E-state index in [4.69, 9.17) is 4.74 Å². The van der Waals surface area contributed by atoms with E-state index in [0.29, 0.717) is 40.2 Å². The molecule has 0 aliphatic carbocycles. The van der Waals surface area contributed by atoms with Gasteiger partial charge in [0.05, 0.1) is 6.61 Å². The van der Waals surface area contributed by atoms with Gasteiger partial charge in [-0.15, -0.1) is 0 Å². The van der Waals surface area contributed by atoms with E-state index in [1.165, 1.54) is 24.3 Å². The summed E-state index contributed by atoms with van der Waals surface area (Å²) >= 11 is 0.419. The molecule has 2 N–H and O–H groups in total. The van der Waals surface area contributed by atoms with Crippen LogP contribution in [0.15, 0.2) is 53.4 Å². The van der Waals surface area contributed by atoms with Crippen molar-refractivity contribution >= 4 is 35.1 Å². The van der Waals surface area contributed by atoms with Gasteiger partial charge in [0.15, 0.2) is 0 Å². The molecular formula is C19H20F2N2O3S. The molecule has 27 heavy (non-hydrogen) atoms. The van der Waals surface area contributed by atoms with Crippen molar-refractivity contribution in [1.82, 2.24) is 0 Å². The Kier molecular flexibility index (Phi) is 7.60. The zero-order valence-electron chi connectivity index (χ0n) is 14.9. The quantitative estimate of drug-likeness (QED) is 0.612. The first-order valence-electron chi connectivity index (χ1n) is 8.23. The summed E-state index contributed by atoms with van der Waals surface area (Å²) in [5.41, 5.74) is 1.29. The highest BCUT2D eigenvalue weighted by Crippen LogP contribution is 2.25. The number of rotatable bonds is 7. The van der Waals surface area contributed by atoms with Gasteiger partial charge in [0, 0.05) is 21.8 Å². The van der Waals surface area contributed by atoms with Crippen molar-refractivity contribution in [2.45, 2.75) is 24.5 Å². The van der Waals surface area contributed by atoms with Crippen LogP contribution >= 0.6 is 11.8 Å². The van der Waals surface area contributed by atoms with Gasteiger partial charge in [-0.1, -0.05) is 31.7 Å². The number of hydrogen-bond acceptors (Lipinski definition) is 4. The fourth-order valence-corrected chi connectivity index (χ4v) is 2.56. The molecule has 0 aliphatic rings. The summed E-state index contributed by atoms with van der Waals surface area (Å²) in [7, 11) is 0. The first-order valence-corrected chi connectivity index (χ1v) is 9.11. The molecule has 0 unspecified atom stereocenters. The molecule has 0 aliphatic heterocycles. The van der Waals surface area contributed by atoms with E-state index >= 15 is 0 Å². The van der Waals surface area contributed by atoms with Crippen LogP contribution in [0.4, 0.5) is 25.0 Å². The minimum Gasteiger partial charge on any atom is -0.449 e. The van der Waals surface area contributed by atoms with Gasteiger partial charge in [0.25, 0.3) is 11.7 Å². The first-order chi connectivity index (χ1) is 12.8. The van der Waals surface area contributed by atoms with Crippen LogP contribution in [0, 0.1) is 5.92 Å². The second-order valence-corrected chi connectivity index (χ2v) is 7.12. The average Bonchev–Trinajstić information content (AvgIpc) is 2.60. The van der Waals surface area contributed by atoms with Crippen molar-refractivity contribution in [2.24, 2.45) is 5.92 Å². The summed E-state index contributed by atoms with van der Waals surface area (Å²) in [6, 6.07) is 12.5. The van der Waals surface area contributed by atoms with Crippen LogP contribution in [0.5, 0.6) is 0 Å². The second kappa shape index (κ2) is 9.91. The average molecular weight is 394 g/mol. The van der Waals surface area contributed by atoms with Gasteiger partial charge >= 0.3 is 6.09 Å². The molecule has 0 fully saturated rings. The van der Waals surface area contributed by atoms with Crippen LogP contribution < -0.4 is 10.6 Å². The van der Waals surface area contributed by atoms with Crippen LogP contribution in [-0.2, 0) is 4.74 Å². The van der Waals surface area contributed by atoms with Gasteiger partial charge in [0.2, 0.25) is 0 Å². The van der Waals surface area contributed by atoms with E-state index in [-0.39, 0.29) is 11.8 Å². The molecule has 0 saturated heterocycles. The normalized spacial score (nSPS) is 10.7. The van der Waals surface area contributed by atoms with E-state index in [0.717, 1.165) is 0 Å². The number of thioether (sulfide) groups is 1. The Balaban J connectivity index is 1.96. The number of alkyl halides is 2. The van der Waals surface area contributed by atoms with Crippen molar-refractivity contribution in [3.63, 3.8) is 0 Å². The van der Waals surface area contributed by atoms with Gasteiger partial charge in [-0.25, -0.2) is 4.79 Å². The molecule has 0 spiro atoms. The maximum absolute atomic E-state index is 12.3. The highest BCUT2D eigenvalue weighted by atomic mass is 32.2. The SMILES string of the molecule is CC(C)COC(=O)Nc1cccc(NC(=O)c2ccc(SC(F)F)cc2)c1. The molecule has 2 rings (SSSR count). The fraction of sp³-hybridized carbons (Fsp3) is 0.263. The van der Waals surface area contributed by atoms with Crippen molar-refractivity contribution < 1.29 is 23.1 Å². The molecule has 0 bridgehead atoms. The van der Waals surface area contributed by atoms with E-state index in [2.05, 4.69) is 10.6 Å². The molecule has 0 radical (unpaired) electrons. The number of benzene rings is 2. The van der Waals surface area contributed by atoms with Crippen molar-refractivity contribution in [2.75, 3.05) is 17.2 Å². The van der Waals surface area contributed by atoms with Gasteiger partial charge < -0.3 is 10.1 Å². The van der Waals surface area contributed by atoms with Gasteiger partial charge in [0.1, 0.15) is 0 Å². The number of ether oxygens (including phenoxy) is 1. The number of amides is 2.